The molecule has 1 fully saturated rings. The molecule has 1 heterocycles. The summed E-state index contributed by atoms with van der Waals surface area (Å²) >= 11 is 0. The fourth-order valence-electron chi connectivity index (χ4n) is 2.23. The normalized spacial score (nSPS) is 24.2. The van der Waals surface area contributed by atoms with Crippen LogP contribution in [0.15, 0.2) is 0 Å². The molecule has 0 aliphatic carbocycles. The van der Waals surface area contributed by atoms with Gasteiger partial charge in [0.15, 0.2) is 0 Å². The summed E-state index contributed by atoms with van der Waals surface area (Å²) in [6, 6.07) is 0. The third-order valence-corrected chi connectivity index (χ3v) is 4.24. The predicted molar refractivity (Wildman–Crippen MR) is 67.5 cm³/mol. The maximum Gasteiger partial charge on any atom is 0.110 e. The molecule has 16 heavy (non-hydrogen) atoms. The minimum atomic E-state index is -0.669. The van der Waals surface area contributed by atoms with Crippen molar-refractivity contribution in [2.24, 2.45) is 5.41 Å². The summed E-state index contributed by atoms with van der Waals surface area (Å²) in [6.07, 6.45) is 7.62. The Morgan fingerprint density at radius 3 is 2.19 bits per heavy atom. The zero-order valence-corrected chi connectivity index (χ0v) is 11.4. The summed E-state index contributed by atoms with van der Waals surface area (Å²) < 4.78 is 5.25. The molecule has 0 saturated carbocycles. The zero-order chi connectivity index (χ0) is 12.2. The molecular formula is C14H28O2. The standard InChI is InChI=1S/C14H28O2/c1-5-6-7-8-9-10-13(2,3)14(4,15)12-11-16-12/h12,15H,5-11H2,1-4H3. The van der Waals surface area contributed by atoms with E-state index in [1.54, 1.807) is 0 Å². The third kappa shape index (κ3) is 3.46. The van der Waals surface area contributed by atoms with Crippen molar-refractivity contribution in [3.8, 4) is 0 Å². The maximum atomic E-state index is 10.5. The van der Waals surface area contributed by atoms with E-state index in [9.17, 15) is 5.11 Å². The lowest BCUT2D eigenvalue weighted by molar-refractivity contribution is -0.0758. The van der Waals surface area contributed by atoms with E-state index in [1.807, 2.05) is 6.92 Å². The molecule has 1 N–H and O–H groups in total. The van der Waals surface area contributed by atoms with Crippen molar-refractivity contribution in [3.05, 3.63) is 0 Å². The minimum absolute atomic E-state index is 0.0413. The fraction of sp³-hybridized carbons (Fsp3) is 1.00. The number of ether oxygens (including phenoxy) is 1. The quantitative estimate of drug-likeness (QED) is 0.509. The number of hydrogen-bond acceptors (Lipinski definition) is 2. The van der Waals surface area contributed by atoms with Crippen LogP contribution in [0.1, 0.15) is 66.2 Å². The van der Waals surface area contributed by atoms with Crippen LogP contribution in [0.25, 0.3) is 0 Å². The molecule has 1 aliphatic rings. The van der Waals surface area contributed by atoms with Crippen molar-refractivity contribution in [1.82, 2.24) is 0 Å². The van der Waals surface area contributed by atoms with Gasteiger partial charge in [0.05, 0.1) is 12.2 Å². The highest BCUT2D eigenvalue weighted by atomic mass is 16.6. The molecule has 0 amide bonds. The van der Waals surface area contributed by atoms with Gasteiger partial charge in [-0.05, 0) is 18.8 Å². The van der Waals surface area contributed by atoms with Gasteiger partial charge in [0.2, 0.25) is 0 Å². The first-order valence-electron chi connectivity index (χ1n) is 6.76. The Labute approximate surface area is 100 Å². The molecule has 1 rings (SSSR count). The molecule has 0 aromatic heterocycles. The van der Waals surface area contributed by atoms with Gasteiger partial charge in [0, 0.05) is 0 Å². The van der Waals surface area contributed by atoms with Gasteiger partial charge in [0.1, 0.15) is 6.10 Å². The molecule has 2 unspecified atom stereocenters. The summed E-state index contributed by atoms with van der Waals surface area (Å²) in [5.74, 6) is 0. The van der Waals surface area contributed by atoms with Crippen LogP contribution in [0.5, 0.6) is 0 Å². The Bertz CT molecular complexity index is 205. The third-order valence-electron chi connectivity index (χ3n) is 4.24. The molecular weight excluding hydrogens is 200 g/mol. The summed E-state index contributed by atoms with van der Waals surface area (Å²) in [5.41, 5.74) is -0.710. The van der Waals surface area contributed by atoms with Gasteiger partial charge >= 0.3 is 0 Å². The van der Waals surface area contributed by atoms with Gasteiger partial charge in [-0.1, -0.05) is 52.9 Å². The summed E-state index contributed by atoms with van der Waals surface area (Å²) in [7, 11) is 0. The van der Waals surface area contributed by atoms with E-state index >= 15 is 0 Å². The molecule has 1 saturated heterocycles. The van der Waals surface area contributed by atoms with E-state index in [0.29, 0.717) is 0 Å². The van der Waals surface area contributed by atoms with Gasteiger partial charge in [-0.2, -0.15) is 0 Å². The fourth-order valence-corrected chi connectivity index (χ4v) is 2.23. The van der Waals surface area contributed by atoms with Gasteiger partial charge in [0.25, 0.3) is 0 Å². The Morgan fingerprint density at radius 1 is 1.12 bits per heavy atom. The summed E-state index contributed by atoms with van der Waals surface area (Å²) in [6.45, 7) is 9.21. The zero-order valence-electron chi connectivity index (χ0n) is 11.4. The maximum absolute atomic E-state index is 10.5. The number of hydrogen-bond donors (Lipinski definition) is 1. The summed E-state index contributed by atoms with van der Waals surface area (Å²) in [4.78, 5) is 0. The second kappa shape index (κ2) is 5.50. The first-order valence-corrected chi connectivity index (χ1v) is 6.76. The summed E-state index contributed by atoms with van der Waals surface area (Å²) in [5, 5.41) is 10.5. The van der Waals surface area contributed by atoms with E-state index in [0.717, 1.165) is 13.0 Å². The van der Waals surface area contributed by atoms with Crippen molar-refractivity contribution in [1.29, 1.82) is 0 Å². The van der Waals surface area contributed by atoms with Gasteiger partial charge in [-0.3, -0.25) is 0 Å². The number of aliphatic hydroxyl groups is 1. The topological polar surface area (TPSA) is 32.8 Å². The Morgan fingerprint density at radius 2 is 1.69 bits per heavy atom. The molecule has 0 bridgehead atoms. The first kappa shape index (κ1) is 14.0. The van der Waals surface area contributed by atoms with Crippen LogP contribution in [-0.2, 0) is 4.74 Å². The number of rotatable bonds is 8. The van der Waals surface area contributed by atoms with E-state index < -0.39 is 5.60 Å². The molecule has 96 valence electrons. The van der Waals surface area contributed by atoms with E-state index in [4.69, 9.17) is 4.74 Å². The van der Waals surface area contributed by atoms with Gasteiger partial charge in [-0.25, -0.2) is 0 Å². The number of unbranched alkanes of at least 4 members (excludes halogenated alkanes) is 4. The van der Waals surface area contributed by atoms with E-state index in [1.165, 1.54) is 32.1 Å². The molecule has 0 aromatic rings. The number of epoxide rings is 1. The predicted octanol–water partition coefficient (Wildman–Crippen LogP) is 3.52. The average Bonchev–Trinajstić information content (AvgIpc) is 3.00. The van der Waals surface area contributed by atoms with Crippen molar-refractivity contribution in [3.63, 3.8) is 0 Å². The molecule has 2 heteroatoms. The Kier molecular flexibility index (Phi) is 4.81. The van der Waals surface area contributed by atoms with Crippen LogP contribution in [-0.4, -0.2) is 23.4 Å². The Hall–Kier alpha value is -0.0800. The lowest BCUT2D eigenvalue weighted by Crippen LogP contribution is -2.46. The minimum Gasteiger partial charge on any atom is -0.387 e. The molecule has 0 radical (unpaired) electrons. The molecule has 2 atom stereocenters. The highest BCUT2D eigenvalue weighted by Crippen LogP contribution is 2.42. The Balaban J connectivity index is 2.27. The van der Waals surface area contributed by atoms with Crippen molar-refractivity contribution in [2.45, 2.75) is 77.9 Å². The van der Waals surface area contributed by atoms with Crippen molar-refractivity contribution in [2.75, 3.05) is 6.61 Å². The average molecular weight is 228 g/mol. The highest BCUT2D eigenvalue weighted by molar-refractivity contribution is 5.00. The molecule has 0 aromatic carbocycles. The van der Waals surface area contributed by atoms with Crippen molar-refractivity contribution >= 4 is 0 Å². The lowest BCUT2D eigenvalue weighted by atomic mass is 9.71. The lowest BCUT2D eigenvalue weighted by Gasteiger charge is -2.39. The van der Waals surface area contributed by atoms with Crippen LogP contribution >= 0.6 is 0 Å². The van der Waals surface area contributed by atoms with Crippen LogP contribution in [0.3, 0.4) is 0 Å². The van der Waals surface area contributed by atoms with Crippen molar-refractivity contribution < 1.29 is 9.84 Å². The van der Waals surface area contributed by atoms with Gasteiger partial charge < -0.3 is 9.84 Å². The largest absolute Gasteiger partial charge is 0.387 e. The van der Waals surface area contributed by atoms with Crippen LogP contribution in [0.2, 0.25) is 0 Å². The second-order valence-corrected chi connectivity index (χ2v) is 6.02. The second-order valence-electron chi connectivity index (χ2n) is 6.02. The van der Waals surface area contributed by atoms with Crippen LogP contribution < -0.4 is 0 Å². The SMILES string of the molecule is CCCCCCCC(C)(C)C(C)(O)C1CO1. The van der Waals surface area contributed by atoms with Gasteiger partial charge in [-0.15, -0.1) is 0 Å². The van der Waals surface area contributed by atoms with Crippen LogP contribution in [0, 0.1) is 5.41 Å². The smallest absolute Gasteiger partial charge is 0.110 e. The highest BCUT2D eigenvalue weighted by Gasteiger charge is 2.51. The van der Waals surface area contributed by atoms with Crippen LogP contribution in [0.4, 0.5) is 0 Å². The monoisotopic (exact) mass is 228 g/mol. The molecule has 2 nitrogen and oxygen atoms in total. The van der Waals surface area contributed by atoms with E-state index in [-0.39, 0.29) is 11.5 Å². The van der Waals surface area contributed by atoms with E-state index in [2.05, 4.69) is 20.8 Å². The first-order chi connectivity index (χ1) is 7.42. The molecule has 1 aliphatic heterocycles. The molecule has 0 spiro atoms.